The number of aryl methyl sites for hydroxylation is 1. The Morgan fingerprint density at radius 3 is 2.45 bits per heavy atom. The van der Waals surface area contributed by atoms with Crippen LogP contribution in [0.25, 0.3) is 0 Å². The molecule has 0 spiro atoms. The highest BCUT2D eigenvalue weighted by Gasteiger charge is 2.21. The summed E-state index contributed by atoms with van der Waals surface area (Å²) in [6, 6.07) is 8.01. The third kappa shape index (κ3) is 3.20. The number of nitrogens with two attached hydrogens (primary N) is 1. The minimum Gasteiger partial charge on any atom is -0.484 e. The quantitative estimate of drug-likeness (QED) is 0.911. The van der Waals surface area contributed by atoms with Crippen LogP contribution in [0, 0.1) is 0 Å². The van der Waals surface area contributed by atoms with Gasteiger partial charge in [0.05, 0.1) is 6.20 Å². The van der Waals surface area contributed by atoms with Crippen LogP contribution in [-0.2, 0) is 7.05 Å². The van der Waals surface area contributed by atoms with Gasteiger partial charge in [-0.3, -0.25) is 4.68 Å². The van der Waals surface area contributed by atoms with Crippen LogP contribution in [0.15, 0.2) is 36.7 Å². The molecular formula is C16H23N3O. The molecule has 0 radical (unpaired) electrons. The van der Waals surface area contributed by atoms with E-state index in [0.29, 0.717) is 5.92 Å². The maximum absolute atomic E-state index is 6.19. The van der Waals surface area contributed by atoms with Crippen molar-refractivity contribution in [2.75, 3.05) is 0 Å². The van der Waals surface area contributed by atoms with Crippen LogP contribution >= 0.6 is 0 Å². The maximum Gasteiger partial charge on any atom is 0.141 e. The van der Waals surface area contributed by atoms with Crippen LogP contribution in [0.3, 0.4) is 0 Å². The van der Waals surface area contributed by atoms with E-state index < -0.39 is 0 Å². The van der Waals surface area contributed by atoms with E-state index in [-0.39, 0.29) is 12.1 Å². The Bertz CT molecular complexity index is 560. The molecule has 0 aliphatic carbocycles. The zero-order chi connectivity index (χ0) is 14.7. The second-order valence-corrected chi connectivity index (χ2v) is 5.54. The lowest BCUT2D eigenvalue weighted by Crippen LogP contribution is -2.29. The third-order valence-corrected chi connectivity index (χ3v) is 3.33. The Hall–Kier alpha value is -1.81. The molecule has 1 aromatic carbocycles. The van der Waals surface area contributed by atoms with Gasteiger partial charge in [-0.15, -0.1) is 0 Å². The highest BCUT2D eigenvalue weighted by molar-refractivity contribution is 5.36. The molecule has 20 heavy (non-hydrogen) atoms. The number of benzene rings is 1. The zero-order valence-corrected chi connectivity index (χ0v) is 12.6. The second-order valence-electron chi connectivity index (χ2n) is 5.54. The third-order valence-electron chi connectivity index (χ3n) is 3.33. The van der Waals surface area contributed by atoms with Crippen molar-refractivity contribution in [2.45, 2.75) is 38.8 Å². The molecule has 1 heterocycles. The summed E-state index contributed by atoms with van der Waals surface area (Å²) in [5.74, 6) is 1.31. The van der Waals surface area contributed by atoms with Crippen LogP contribution in [0.1, 0.15) is 43.9 Å². The second kappa shape index (κ2) is 6.09. The number of rotatable bonds is 5. The summed E-state index contributed by atoms with van der Waals surface area (Å²) in [5, 5.41) is 4.20. The molecule has 0 saturated carbocycles. The molecule has 2 aromatic rings. The van der Waals surface area contributed by atoms with Crippen LogP contribution < -0.4 is 10.5 Å². The molecule has 0 bridgehead atoms. The predicted octanol–water partition coefficient (Wildman–Crippen LogP) is 3.01. The number of ether oxygens (including phenoxy) is 1. The zero-order valence-electron chi connectivity index (χ0n) is 12.6. The van der Waals surface area contributed by atoms with E-state index in [1.165, 1.54) is 5.56 Å². The van der Waals surface area contributed by atoms with E-state index in [0.717, 1.165) is 11.3 Å². The fourth-order valence-corrected chi connectivity index (χ4v) is 2.27. The van der Waals surface area contributed by atoms with Crippen LogP contribution in [0.2, 0.25) is 0 Å². The van der Waals surface area contributed by atoms with Gasteiger partial charge in [0.2, 0.25) is 0 Å². The Balaban J connectivity index is 2.30. The summed E-state index contributed by atoms with van der Waals surface area (Å²) < 4.78 is 7.96. The highest BCUT2D eigenvalue weighted by atomic mass is 16.5. The average molecular weight is 273 g/mol. The van der Waals surface area contributed by atoms with E-state index in [1.54, 1.807) is 4.68 Å². The van der Waals surface area contributed by atoms with Gasteiger partial charge < -0.3 is 10.5 Å². The van der Waals surface area contributed by atoms with E-state index in [4.69, 9.17) is 10.5 Å². The van der Waals surface area contributed by atoms with Gasteiger partial charge in [-0.1, -0.05) is 32.0 Å². The topological polar surface area (TPSA) is 53.1 Å². The Labute approximate surface area is 120 Å². The van der Waals surface area contributed by atoms with Crippen molar-refractivity contribution in [3.8, 4) is 5.75 Å². The Morgan fingerprint density at radius 2 is 1.90 bits per heavy atom. The molecular weight excluding hydrogens is 250 g/mol. The first-order chi connectivity index (χ1) is 9.49. The lowest BCUT2D eigenvalue weighted by molar-refractivity contribution is 0.178. The Morgan fingerprint density at radius 1 is 1.20 bits per heavy atom. The van der Waals surface area contributed by atoms with Gasteiger partial charge in [0.1, 0.15) is 11.9 Å². The molecule has 0 amide bonds. The number of hydrogen-bond acceptors (Lipinski definition) is 3. The van der Waals surface area contributed by atoms with Crippen molar-refractivity contribution < 1.29 is 4.74 Å². The van der Waals surface area contributed by atoms with Crippen molar-refractivity contribution in [3.63, 3.8) is 0 Å². The molecule has 0 aliphatic rings. The molecule has 1 aromatic heterocycles. The molecule has 0 fully saturated rings. The van der Waals surface area contributed by atoms with Crippen molar-refractivity contribution in [1.82, 2.24) is 9.78 Å². The molecule has 2 atom stereocenters. The van der Waals surface area contributed by atoms with Crippen molar-refractivity contribution >= 4 is 0 Å². The van der Waals surface area contributed by atoms with Gasteiger partial charge in [0, 0.05) is 24.8 Å². The first-order valence-electron chi connectivity index (χ1n) is 6.98. The highest BCUT2D eigenvalue weighted by Crippen LogP contribution is 2.31. The summed E-state index contributed by atoms with van der Waals surface area (Å²) in [4.78, 5) is 0. The largest absolute Gasteiger partial charge is 0.484 e. The van der Waals surface area contributed by atoms with Crippen molar-refractivity contribution in [1.29, 1.82) is 0 Å². The summed E-state index contributed by atoms with van der Waals surface area (Å²) in [6.45, 7) is 6.27. The number of para-hydroxylation sites is 1. The van der Waals surface area contributed by atoms with E-state index >= 15 is 0 Å². The van der Waals surface area contributed by atoms with Gasteiger partial charge >= 0.3 is 0 Å². The van der Waals surface area contributed by atoms with Crippen LogP contribution in [0.5, 0.6) is 5.75 Å². The van der Waals surface area contributed by atoms with Gasteiger partial charge in [-0.25, -0.2) is 0 Å². The maximum atomic E-state index is 6.19. The van der Waals surface area contributed by atoms with Gasteiger partial charge in [0.15, 0.2) is 0 Å². The standard InChI is InChI=1S/C16H23N3O/c1-11(2)14-7-5-6-8-15(14)20-16(12(3)17)13-9-18-19(4)10-13/h5-12,16H,17H2,1-4H3. The molecule has 4 nitrogen and oxygen atoms in total. The molecule has 0 saturated heterocycles. The predicted molar refractivity (Wildman–Crippen MR) is 80.8 cm³/mol. The number of nitrogens with zero attached hydrogens (tertiary/aromatic N) is 2. The fraction of sp³-hybridized carbons (Fsp3) is 0.438. The minimum atomic E-state index is -0.191. The molecule has 2 unspecified atom stereocenters. The SMILES string of the molecule is CC(C)c1ccccc1OC(c1cnn(C)c1)C(C)N. The molecule has 108 valence electrons. The Kier molecular flexibility index (Phi) is 4.45. The molecule has 2 N–H and O–H groups in total. The minimum absolute atomic E-state index is 0.112. The normalized spacial score (nSPS) is 14.3. The van der Waals surface area contributed by atoms with Crippen molar-refractivity contribution in [3.05, 3.63) is 47.8 Å². The lowest BCUT2D eigenvalue weighted by Gasteiger charge is -2.24. The van der Waals surface area contributed by atoms with Gasteiger partial charge in [-0.05, 0) is 24.5 Å². The van der Waals surface area contributed by atoms with Crippen LogP contribution in [-0.4, -0.2) is 15.8 Å². The molecule has 4 heteroatoms. The molecule has 2 rings (SSSR count). The fourth-order valence-electron chi connectivity index (χ4n) is 2.27. The monoisotopic (exact) mass is 273 g/mol. The molecule has 0 aliphatic heterocycles. The first-order valence-corrected chi connectivity index (χ1v) is 6.98. The summed E-state index contributed by atoms with van der Waals surface area (Å²) in [5.41, 5.74) is 8.29. The van der Waals surface area contributed by atoms with Gasteiger partial charge in [0.25, 0.3) is 0 Å². The summed E-state index contributed by atoms with van der Waals surface area (Å²) >= 11 is 0. The average Bonchev–Trinajstić information content (AvgIpc) is 2.82. The number of hydrogen-bond donors (Lipinski definition) is 1. The lowest BCUT2D eigenvalue weighted by atomic mass is 10.0. The van der Waals surface area contributed by atoms with Gasteiger partial charge in [-0.2, -0.15) is 5.10 Å². The van der Waals surface area contributed by atoms with E-state index in [2.05, 4.69) is 25.0 Å². The van der Waals surface area contributed by atoms with E-state index in [1.807, 2.05) is 44.6 Å². The summed E-state index contributed by atoms with van der Waals surface area (Å²) in [6.07, 6.45) is 3.57. The first kappa shape index (κ1) is 14.6. The van der Waals surface area contributed by atoms with Crippen molar-refractivity contribution in [2.24, 2.45) is 12.8 Å². The summed E-state index contributed by atoms with van der Waals surface area (Å²) in [7, 11) is 1.89. The van der Waals surface area contributed by atoms with E-state index in [9.17, 15) is 0 Å². The number of aromatic nitrogens is 2. The van der Waals surface area contributed by atoms with Crippen LogP contribution in [0.4, 0.5) is 0 Å². The smallest absolute Gasteiger partial charge is 0.141 e.